The van der Waals surface area contributed by atoms with Crippen molar-refractivity contribution in [1.82, 2.24) is 4.98 Å². The number of carbonyl (C=O) groups excluding carboxylic acids is 2. The Balaban J connectivity index is 2.81. The van der Waals surface area contributed by atoms with Crippen molar-refractivity contribution in [2.24, 2.45) is 0 Å². The van der Waals surface area contributed by atoms with Crippen molar-refractivity contribution in [3.05, 3.63) is 18.7 Å². The van der Waals surface area contributed by atoms with Crippen LogP contribution >= 0.6 is 0 Å². The number of hydrogen-bond donors (Lipinski definition) is 1. The zero-order valence-electron chi connectivity index (χ0n) is 6.60. The van der Waals surface area contributed by atoms with Crippen molar-refractivity contribution in [2.75, 3.05) is 0 Å². The maximum atomic E-state index is 10.5. The molecule has 6 nitrogen and oxygen atoms in total. The molecule has 6 heteroatoms. The summed E-state index contributed by atoms with van der Waals surface area (Å²) in [5.74, 6) is -2.88. The van der Waals surface area contributed by atoms with Crippen LogP contribution in [0, 0.1) is 0 Å². The molecule has 1 atom stereocenters. The van der Waals surface area contributed by atoms with E-state index in [-0.39, 0.29) is 0 Å². The number of carbonyl (C=O) groups is 2. The van der Waals surface area contributed by atoms with Gasteiger partial charge in [0, 0.05) is 12.4 Å². The van der Waals surface area contributed by atoms with E-state index in [4.69, 9.17) is 0 Å². The van der Waals surface area contributed by atoms with E-state index in [1.807, 2.05) is 0 Å². The number of aromatic nitrogens is 2. The second-order valence-corrected chi connectivity index (χ2v) is 2.47. The Labute approximate surface area is 73.4 Å². The average molecular weight is 183 g/mol. The summed E-state index contributed by atoms with van der Waals surface area (Å²) >= 11 is 0. The lowest BCUT2D eigenvalue weighted by Crippen LogP contribution is -2.50. The van der Waals surface area contributed by atoms with Gasteiger partial charge in [-0.05, 0) is 0 Å². The fourth-order valence-electron chi connectivity index (χ4n) is 0.963. The number of aromatic amines is 1. The van der Waals surface area contributed by atoms with E-state index in [2.05, 4.69) is 4.98 Å². The first-order valence-corrected chi connectivity index (χ1v) is 3.55. The maximum Gasteiger partial charge on any atom is 0.242 e. The van der Waals surface area contributed by atoms with Gasteiger partial charge in [0.05, 0.1) is 5.97 Å². The minimum Gasteiger partial charge on any atom is -0.550 e. The molecule has 0 aliphatic carbocycles. The molecule has 1 heterocycles. The van der Waals surface area contributed by atoms with Gasteiger partial charge in [0.15, 0.2) is 0 Å². The van der Waals surface area contributed by atoms with Gasteiger partial charge in [0.2, 0.25) is 6.33 Å². The van der Waals surface area contributed by atoms with Crippen LogP contribution in [0.2, 0.25) is 0 Å². The van der Waals surface area contributed by atoms with Gasteiger partial charge < -0.3 is 19.8 Å². The van der Waals surface area contributed by atoms with Crippen LogP contribution in [0.15, 0.2) is 18.7 Å². The van der Waals surface area contributed by atoms with Crippen molar-refractivity contribution < 1.29 is 24.4 Å². The number of H-pyrrole nitrogens is 1. The topological polar surface area (TPSA) is 99.9 Å². The van der Waals surface area contributed by atoms with E-state index >= 15 is 0 Å². The number of nitrogens with zero attached hydrogens (tertiary/aromatic N) is 1. The molecule has 1 N–H and O–H groups in total. The molecule has 70 valence electrons. The Morgan fingerprint density at radius 2 is 2.15 bits per heavy atom. The molecular weight excluding hydrogens is 176 g/mol. The van der Waals surface area contributed by atoms with E-state index in [0.717, 1.165) is 0 Å². The molecule has 0 fully saturated rings. The van der Waals surface area contributed by atoms with Gasteiger partial charge in [0.1, 0.15) is 18.4 Å². The van der Waals surface area contributed by atoms with Crippen LogP contribution in [-0.4, -0.2) is 16.9 Å². The van der Waals surface area contributed by atoms with Crippen LogP contribution in [0.3, 0.4) is 0 Å². The molecule has 0 aromatic carbocycles. The number of carboxylic acids is 2. The smallest absolute Gasteiger partial charge is 0.242 e. The molecule has 0 aliphatic heterocycles. The van der Waals surface area contributed by atoms with Crippen molar-refractivity contribution in [2.45, 2.75) is 12.5 Å². The van der Waals surface area contributed by atoms with Crippen molar-refractivity contribution in [3.8, 4) is 0 Å². The molecule has 0 radical (unpaired) electrons. The van der Waals surface area contributed by atoms with Gasteiger partial charge in [-0.25, -0.2) is 4.57 Å². The first kappa shape index (κ1) is 9.24. The van der Waals surface area contributed by atoms with Gasteiger partial charge in [0.25, 0.3) is 0 Å². The molecule has 13 heavy (non-hydrogen) atoms. The van der Waals surface area contributed by atoms with E-state index in [9.17, 15) is 19.8 Å². The summed E-state index contributed by atoms with van der Waals surface area (Å²) in [6, 6.07) is -1.23. The Morgan fingerprint density at radius 1 is 1.46 bits per heavy atom. The Hall–Kier alpha value is -1.85. The molecular formula is C7H7N2O4-. The van der Waals surface area contributed by atoms with Crippen LogP contribution in [0.5, 0.6) is 0 Å². The zero-order chi connectivity index (χ0) is 9.84. The molecule has 0 bridgehead atoms. The second kappa shape index (κ2) is 3.70. The van der Waals surface area contributed by atoms with Gasteiger partial charge in [-0.1, -0.05) is 0 Å². The van der Waals surface area contributed by atoms with Gasteiger partial charge >= 0.3 is 0 Å². The summed E-state index contributed by atoms with van der Waals surface area (Å²) in [7, 11) is 0. The standard InChI is InChI=1S/C7H8N2O4/c10-6(11)3-5(7(12)13)9-2-1-8-4-9/h1-2,4-5H,3H2,(H2,10,11,12,13)/p-1. The third kappa shape index (κ3) is 2.29. The minimum absolute atomic E-state index is 0.606. The van der Waals surface area contributed by atoms with Gasteiger partial charge in [-0.2, -0.15) is 0 Å². The summed E-state index contributed by atoms with van der Waals surface area (Å²) in [6.07, 6.45) is 3.61. The lowest BCUT2D eigenvalue weighted by molar-refractivity contribution is -0.714. The van der Waals surface area contributed by atoms with Gasteiger partial charge in [-0.3, -0.25) is 4.98 Å². The summed E-state index contributed by atoms with van der Waals surface area (Å²) in [6.45, 7) is 0. The third-order valence-corrected chi connectivity index (χ3v) is 1.56. The molecule has 1 unspecified atom stereocenters. The lowest BCUT2D eigenvalue weighted by atomic mass is 10.2. The fourth-order valence-corrected chi connectivity index (χ4v) is 0.963. The number of nitrogens with one attached hydrogen (secondary N) is 1. The first-order valence-electron chi connectivity index (χ1n) is 3.55. The highest BCUT2D eigenvalue weighted by atomic mass is 16.4. The second-order valence-electron chi connectivity index (χ2n) is 2.47. The Morgan fingerprint density at radius 3 is 2.54 bits per heavy atom. The number of imidazole rings is 1. The molecule has 0 saturated heterocycles. The molecule has 0 saturated carbocycles. The average Bonchev–Trinajstić information content (AvgIpc) is 2.50. The maximum absolute atomic E-state index is 10.5. The van der Waals surface area contributed by atoms with E-state index in [1.54, 1.807) is 0 Å². The molecule has 1 aromatic heterocycles. The monoisotopic (exact) mass is 183 g/mol. The van der Waals surface area contributed by atoms with Crippen LogP contribution in [-0.2, 0) is 9.59 Å². The molecule has 0 amide bonds. The molecule has 1 rings (SSSR count). The highest BCUT2D eigenvalue weighted by Crippen LogP contribution is 1.99. The summed E-state index contributed by atoms with van der Waals surface area (Å²) in [5.41, 5.74) is 0. The van der Waals surface area contributed by atoms with E-state index in [0.29, 0.717) is 0 Å². The summed E-state index contributed by atoms with van der Waals surface area (Å²) in [5, 5.41) is 20.7. The number of carboxylic acid groups (broad SMARTS) is 2. The molecule has 0 spiro atoms. The number of rotatable bonds is 4. The van der Waals surface area contributed by atoms with Crippen LogP contribution in [0.25, 0.3) is 0 Å². The van der Waals surface area contributed by atoms with Crippen molar-refractivity contribution in [1.29, 1.82) is 0 Å². The first-order chi connectivity index (χ1) is 6.11. The molecule has 1 aromatic rings. The van der Waals surface area contributed by atoms with Crippen molar-refractivity contribution in [3.63, 3.8) is 0 Å². The quantitative estimate of drug-likeness (QED) is 0.495. The fraction of sp³-hybridized carbons (Fsp3) is 0.286. The number of hydrogen-bond acceptors (Lipinski definition) is 4. The predicted octanol–water partition coefficient (Wildman–Crippen LogP) is -3.27. The van der Waals surface area contributed by atoms with Gasteiger partial charge in [-0.15, -0.1) is 0 Å². The lowest BCUT2D eigenvalue weighted by Gasteiger charge is -2.14. The highest BCUT2D eigenvalue weighted by molar-refractivity contribution is 5.75. The zero-order valence-corrected chi connectivity index (χ0v) is 6.60. The Kier molecular flexibility index (Phi) is 2.63. The summed E-state index contributed by atoms with van der Waals surface area (Å²) < 4.78 is 1.20. The minimum atomic E-state index is -1.45. The predicted molar refractivity (Wildman–Crippen MR) is 34.7 cm³/mol. The largest absolute Gasteiger partial charge is 0.550 e. The van der Waals surface area contributed by atoms with Crippen molar-refractivity contribution >= 4 is 11.9 Å². The van der Waals surface area contributed by atoms with Crippen LogP contribution in [0.1, 0.15) is 12.5 Å². The summed E-state index contributed by atoms with van der Waals surface area (Å²) in [4.78, 5) is 23.3. The normalized spacial score (nSPS) is 12.3. The Bertz CT molecular complexity index is 306. The number of aliphatic carboxylic acids is 2. The SMILES string of the molecule is O=C([O-])CC(C(=O)[O-])[n+]1cc[nH]c1. The third-order valence-electron chi connectivity index (χ3n) is 1.56. The van der Waals surface area contributed by atoms with E-state index < -0.39 is 24.4 Å². The highest BCUT2D eigenvalue weighted by Gasteiger charge is 2.16. The molecule has 0 aliphatic rings. The van der Waals surface area contributed by atoms with E-state index in [1.165, 1.54) is 23.3 Å². The van der Waals surface area contributed by atoms with Crippen LogP contribution in [0.4, 0.5) is 0 Å². The van der Waals surface area contributed by atoms with Crippen LogP contribution < -0.4 is 14.8 Å².